The van der Waals surface area contributed by atoms with Gasteiger partial charge < -0.3 is 9.80 Å². The molecular weight excluding hydrogens is 314 g/mol. The molecule has 1 aliphatic heterocycles. The van der Waals surface area contributed by atoms with Gasteiger partial charge in [-0.25, -0.2) is 8.78 Å². The summed E-state index contributed by atoms with van der Waals surface area (Å²) in [7, 11) is 0. The van der Waals surface area contributed by atoms with Crippen LogP contribution in [0.5, 0.6) is 0 Å². The maximum atomic E-state index is 14.0. The second kappa shape index (κ2) is 6.39. The van der Waals surface area contributed by atoms with Gasteiger partial charge in [-0.15, -0.1) is 0 Å². The molecule has 0 spiro atoms. The van der Waals surface area contributed by atoms with Crippen molar-refractivity contribution in [3.05, 3.63) is 59.7 Å². The number of rotatable bonds is 3. The lowest BCUT2D eigenvalue weighted by Crippen LogP contribution is -2.42. The average Bonchev–Trinajstić information content (AvgIpc) is 2.97. The largest absolute Gasteiger partial charge is 0.310 e. The predicted molar refractivity (Wildman–Crippen MR) is 86.9 cm³/mol. The van der Waals surface area contributed by atoms with E-state index in [-0.39, 0.29) is 18.1 Å². The fourth-order valence-electron chi connectivity index (χ4n) is 2.88. The first-order valence-electron chi connectivity index (χ1n) is 7.59. The molecule has 24 heavy (non-hydrogen) atoms. The van der Waals surface area contributed by atoms with Gasteiger partial charge in [-0.2, -0.15) is 0 Å². The lowest BCUT2D eigenvalue weighted by molar-refractivity contribution is -0.121. The second-order valence-electron chi connectivity index (χ2n) is 5.62. The molecule has 4 nitrogen and oxygen atoms in total. The molecule has 1 heterocycles. The Labute approximate surface area is 138 Å². The number of carbonyl (C=O) groups is 2. The van der Waals surface area contributed by atoms with E-state index in [2.05, 4.69) is 0 Å². The Balaban J connectivity index is 1.84. The summed E-state index contributed by atoms with van der Waals surface area (Å²) in [6.07, 6.45) is 0.743. The van der Waals surface area contributed by atoms with E-state index in [0.717, 1.165) is 34.7 Å². The van der Waals surface area contributed by atoms with Crippen LogP contribution in [0.1, 0.15) is 12.5 Å². The summed E-state index contributed by atoms with van der Waals surface area (Å²) in [4.78, 5) is 27.1. The molecule has 0 saturated heterocycles. The summed E-state index contributed by atoms with van der Waals surface area (Å²) in [5, 5.41) is 0. The lowest BCUT2D eigenvalue weighted by atomic mass is 10.2. The lowest BCUT2D eigenvalue weighted by Gasteiger charge is -2.25. The summed E-state index contributed by atoms with van der Waals surface area (Å²) in [6.45, 7) is 1.47. The van der Waals surface area contributed by atoms with E-state index in [1.54, 1.807) is 4.90 Å². The molecule has 0 atom stereocenters. The maximum absolute atomic E-state index is 14.0. The van der Waals surface area contributed by atoms with Crippen LogP contribution in [0.4, 0.5) is 20.2 Å². The number of fused-ring (bicyclic) bond motifs is 1. The number of hydrogen-bond donors (Lipinski definition) is 0. The minimum Gasteiger partial charge on any atom is -0.310 e. The first-order valence-corrected chi connectivity index (χ1v) is 7.59. The SMILES string of the molecule is CC(=O)N(CC(=O)N1CCc2ccccc21)c1ccc(F)cc1F. The Bertz CT molecular complexity index is 807. The van der Waals surface area contributed by atoms with Crippen molar-refractivity contribution in [1.29, 1.82) is 0 Å². The zero-order valence-electron chi connectivity index (χ0n) is 13.1. The van der Waals surface area contributed by atoms with Gasteiger partial charge in [0.05, 0.1) is 5.69 Å². The first-order chi connectivity index (χ1) is 11.5. The molecule has 0 fully saturated rings. The highest BCUT2D eigenvalue weighted by atomic mass is 19.1. The number of nitrogens with zero attached hydrogens (tertiary/aromatic N) is 2. The molecule has 6 heteroatoms. The van der Waals surface area contributed by atoms with Gasteiger partial charge in [-0.05, 0) is 30.2 Å². The van der Waals surface area contributed by atoms with Crippen LogP contribution >= 0.6 is 0 Å². The molecule has 3 rings (SSSR count). The van der Waals surface area contributed by atoms with Crippen LogP contribution < -0.4 is 9.80 Å². The van der Waals surface area contributed by atoms with Crippen LogP contribution in [0.3, 0.4) is 0 Å². The van der Waals surface area contributed by atoms with Gasteiger partial charge in [0, 0.05) is 25.2 Å². The molecule has 2 amide bonds. The molecule has 0 bridgehead atoms. The van der Waals surface area contributed by atoms with E-state index in [1.165, 1.54) is 6.92 Å². The molecule has 0 aromatic heterocycles. The molecule has 2 aromatic rings. The van der Waals surface area contributed by atoms with Gasteiger partial charge in [0.15, 0.2) is 0 Å². The molecule has 0 N–H and O–H groups in total. The van der Waals surface area contributed by atoms with Crippen molar-refractivity contribution >= 4 is 23.2 Å². The normalized spacial score (nSPS) is 12.9. The number of hydrogen-bond acceptors (Lipinski definition) is 2. The summed E-state index contributed by atoms with van der Waals surface area (Å²) in [6, 6.07) is 10.5. The van der Waals surface area contributed by atoms with Gasteiger partial charge in [-0.3, -0.25) is 9.59 Å². The van der Waals surface area contributed by atoms with Crippen LogP contribution in [-0.2, 0) is 16.0 Å². The van der Waals surface area contributed by atoms with Crippen LogP contribution in [0, 0.1) is 11.6 Å². The Morgan fingerprint density at radius 1 is 1.17 bits per heavy atom. The van der Waals surface area contributed by atoms with Crippen molar-refractivity contribution in [2.45, 2.75) is 13.3 Å². The number of benzene rings is 2. The van der Waals surface area contributed by atoms with E-state index in [9.17, 15) is 18.4 Å². The average molecular weight is 330 g/mol. The molecule has 0 unspecified atom stereocenters. The molecule has 2 aromatic carbocycles. The number of para-hydroxylation sites is 1. The fourth-order valence-corrected chi connectivity index (χ4v) is 2.88. The number of amides is 2. The van der Waals surface area contributed by atoms with Gasteiger partial charge in [0.2, 0.25) is 11.8 Å². The smallest absolute Gasteiger partial charge is 0.247 e. The third-order valence-electron chi connectivity index (χ3n) is 4.06. The standard InChI is InChI=1S/C18H16F2N2O2/c1-12(23)22(17-7-6-14(19)10-15(17)20)11-18(24)21-9-8-13-4-2-3-5-16(13)21/h2-7,10H,8-9,11H2,1H3. The summed E-state index contributed by atoms with van der Waals surface area (Å²) >= 11 is 0. The molecule has 0 aliphatic carbocycles. The Kier molecular flexibility index (Phi) is 4.29. The minimum absolute atomic E-state index is 0.107. The number of anilines is 2. The van der Waals surface area contributed by atoms with Crippen LogP contribution in [0.2, 0.25) is 0 Å². The molecule has 124 valence electrons. The maximum Gasteiger partial charge on any atom is 0.247 e. The summed E-state index contributed by atoms with van der Waals surface area (Å²) in [5.41, 5.74) is 1.77. The van der Waals surface area contributed by atoms with Gasteiger partial charge in [0.1, 0.15) is 18.2 Å². The van der Waals surface area contributed by atoms with Gasteiger partial charge >= 0.3 is 0 Å². The van der Waals surface area contributed by atoms with Crippen molar-refractivity contribution in [2.75, 3.05) is 22.9 Å². The second-order valence-corrected chi connectivity index (χ2v) is 5.62. The highest BCUT2D eigenvalue weighted by Crippen LogP contribution is 2.28. The first kappa shape index (κ1) is 16.1. The third kappa shape index (κ3) is 2.99. The zero-order chi connectivity index (χ0) is 17.3. The van der Waals surface area contributed by atoms with Crippen molar-refractivity contribution < 1.29 is 18.4 Å². The number of carbonyl (C=O) groups excluding carboxylic acids is 2. The Morgan fingerprint density at radius 2 is 1.92 bits per heavy atom. The van der Waals surface area contributed by atoms with E-state index in [4.69, 9.17) is 0 Å². The fraction of sp³-hybridized carbons (Fsp3) is 0.222. The van der Waals surface area contributed by atoms with Crippen molar-refractivity contribution in [1.82, 2.24) is 0 Å². The van der Waals surface area contributed by atoms with E-state index >= 15 is 0 Å². The van der Waals surface area contributed by atoms with Crippen molar-refractivity contribution in [3.63, 3.8) is 0 Å². The minimum atomic E-state index is -0.875. The topological polar surface area (TPSA) is 40.6 Å². The molecule has 0 radical (unpaired) electrons. The Hall–Kier alpha value is -2.76. The Morgan fingerprint density at radius 3 is 2.62 bits per heavy atom. The van der Waals surface area contributed by atoms with Gasteiger partial charge in [-0.1, -0.05) is 18.2 Å². The highest BCUT2D eigenvalue weighted by molar-refractivity contribution is 6.03. The molecule has 1 aliphatic rings. The van der Waals surface area contributed by atoms with E-state index in [1.807, 2.05) is 24.3 Å². The third-order valence-corrected chi connectivity index (χ3v) is 4.06. The zero-order valence-corrected chi connectivity index (χ0v) is 13.1. The van der Waals surface area contributed by atoms with Crippen molar-refractivity contribution in [3.8, 4) is 0 Å². The molecular formula is C18H16F2N2O2. The quantitative estimate of drug-likeness (QED) is 0.868. The summed E-state index contributed by atoms with van der Waals surface area (Å²) < 4.78 is 27.0. The van der Waals surface area contributed by atoms with Crippen LogP contribution in [0.15, 0.2) is 42.5 Å². The molecule has 0 saturated carbocycles. The summed E-state index contributed by atoms with van der Waals surface area (Å²) in [5.74, 6) is -2.40. The van der Waals surface area contributed by atoms with Crippen LogP contribution in [-0.4, -0.2) is 24.9 Å². The van der Waals surface area contributed by atoms with Crippen LogP contribution in [0.25, 0.3) is 0 Å². The highest BCUT2D eigenvalue weighted by Gasteiger charge is 2.27. The van der Waals surface area contributed by atoms with E-state index < -0.39 is 17.5 Å². The number of halogens is 2. The van der Waals surface area contributed by atoms with Gasteiger partial charge in [0.25, 0.3) is 0 Å². The van der Waals surface area contributed by atoms with E-state index in [0.29, 0.717) is 12.6 Å². The monoisotopic (exact) mass is 330 g/mol. The van der Waals surface area contributed by atoms with Crippen molar-refractivity contribution in [2.24, 2.45) is 0 Å². The predicted octanol–water partition coefficient (Wildman–Crippen LogP) is 2.91.